The van der Waals surface area contributed by atoms with Crippen molar-refractivity contribution in [3.63, 3.8) is 0 Å². The van der Waals surface area contributed by atoms with E-state index in [2.05, 4.69) is 21.0 Å². The number of nitrogens with two attached hydrogens (primary N) is 1. The fraction of sp³-hybridized carbons (Fsp3) is 0.167. The summed E-state index contributed by atoms with van der Waals surface area (Å²) in [4.78, 5) is 11.6. The number of nitrogens with zero attached hydrogens (tertiary/aromatic N) is 2. The van der Waals surface area contributed by atoms with E-state index < -0.39 is 5.97 Å². The smallest absolute Gasteiger partial charge is 0.343 e. The van der Waals surface area contributed by atoms with Crippen molar-refractivity contribution in [1.29, 1.82) is 0 Å². The standard InChI is InChI=1S/C12H12BrN3O2/c1-2-18-12(17)8-7-15-16(11(8)14)10-6-4-3-5-9(10)13/h3-7H,2,14H2,1H3. The van der Waals surface area contributed by atoms with Gasteiger partial charge in [0.2, 0.25) is 0 Å². The van der Waals surface area contributed by atoms with Crippen LogP contribution in [-0.4, -0.2) is 22.4 Å². The predicted molar refractivity (Wildman–Crippen MR) is 71.6 cm³/mol. The molecule has 94 valence electrons. The number of halogens is 1. The van der Waals surface area contributed by atoms with Crippen LogP contribution in [0.2, 0.25) is 0 Å². The summed E-state index contributed by atoms with van der Waals surface area (Å²) in [6, 6.07) is 7.48. The fourth-order valence-electron chi connectivity index (χ4n) is 1.54. The van der Waals surface area contributed by atoms with Gasteiger partial charge in [0.15, 0.2) is 0 Å². The van der Waals surface area contributed by atoms with Crippen molar-refractivity contribution in [3.8, 4) is 5.69 Å². The molecule has 18 heavy (non-hydrogen) atoms. The molecule has 0 radical (unpaired) electrons. The molecule has 1 heterocycles. The molecule has 0 atom stereocenters. The Balaban J connectivity index is 2.43. The molecule has 0 unspecified atom stereocenters. The van der Waals surface area contributed by atoms with E-state index in [-0.39, 0.29) is 11.4 Å². The van der Waals surface area contributed by atoms with E-state index in [4.69, 9.17) is 10.5 Å². The minimum Gasteiger partial charge on any atom is -0.462 e. The van der Waals surface area contributed by atoms with Gasteiger partial charge in [0.05, 0.1) is 18.5 Å². The summed E-state index contributed by atoms with van der Waals surface area (Å²) < 4.78 is 7.24. The average molecular weight is 310 g/mol. The maximum Gasteiger partial charge on any atom is 0.343 e. The Morgan fingerprint density at radius 2 is 2.22 bits per heavy atom. The van der Waals surface area contributed by atoms with Gasteiger partial charge < -0.3 is 10.5 Å². The number of carbonyl (C=O) groups is 1. The lowest BCUT2D eigenvalue weighted by Gasteiger charge is -2.06. The first-order chi connectivity index (χ1) is 8.65. The molecule has 0 bridgehead atoms. The lowest BCUT2D eigenvalue weighted by Crippen LogP contribution is -2.09. The van der Waals surface area contributed by atoms with Crippen molar-refractivity contribution in [3.05, 3.63) is 40.5 Å². The third-order valence-electron chi connectivity index (χ3n) is 2.38. The normalized spacial score (nSPS) is 10.3. The van der Waals surface area contributed by atoms with Gasteiger partial charge in [0.1, 0.15) is 11.4 Å². The van der Waals surface area contributed by atoms with Gasteiger partial charge in [-0.05, 0) is 35.0 Å². The van der Waals surface area contributed by atoms with Crippen LogP contribution in [0.3, 0.4) is 0 Å². The van der Waals surface area contributed by atoms with E-state index in [1.54, 1.807) is 6.92 Å². The lowest BCUT2D eigenvalue weighted by molar-refractivity contribution is 0.0527. The highest BCUT2D eigenvalue weighted by molar-refractivity contribution is 9.10. The van der Waals surface area contributed by atoms with Gasteiger partial charge in [-0.25, -0.2) is 9.48 Å². The van der Waals surface area contributed by atoms with Crippen LogP contribution in [0.1, 0.15) is 17.3 Å². The van der Waals surface area contributed by atoms with Crippen molar-refractivity contribution in [1.82, 2.24) is 9.78 Å². The Morgan fingerprint density at radius 1 is 1.50 bits per heavy atom. The second-order valence-corrected chi connectivity index (χ2v) is 4.38. The molecular formula is C12H12BrN3O2. The molecular weight excluding hydrogens is 298 g/mol. The van der Waals surface area contributed by atoms with Crippen molar-refractivity contribution < 1.29 is 9.53 Å². The van der Waals surface area contributed by atoms with Gasteiger partial charge in [-0.2, -0.15) is 5.10 Å². The van der Waals surface area contributed by atoms with E-state index in [1.807, 2.05) is 24.3 Å². The number of aromatic nitrogens is 2. The highest BCUT2D eigenvalue weighted by Crippen LogP contribution is 2.24. The molecule has 2 N–H and O–H groups in total. The highest BCUT2D eigenvalue weighted by Gasteiger charge is 2.17. The number of esters is 1. The monoisotopic (exact) mass is 309 g/mol. The Bertz CT molecular complexity index is 580. The molecule has 5 nitrogen and oxygen atoms in total. The molecule has 6 heteroatoms. The van der Waals surface area contributed by atoms with E-state index in [1.165, 1.54) is 10.9 Å². The van der Waals surface area contributed by atoms with Gasteiger partial charge in [-0.1, -0.05) is 12.1 Å². The largest absolute Gasteiger partial charge is 0.462 e. The second-order valence-electron chi connectivity index (χ2n) is 3.53. The fourth-order valence-corrected chi connectivity index (χ4v) is 1.99. The van der Waals surface area contributed by atoms with Crippen LogP contribution in [-0.2, 0) is 4.74 Å². The van der Waals surface area contributed by atoms with Crippen LogP contribution < -0.4 is 5.73 Å². The van der Waals surface area contributed by atoms with Crippen molar-refractivity contribution >= 4 is 27.7 Å². The van der Waals surface area contributed by atoms with E-state index in [0.29, 0.717) is 6.61 Å². The maximum atomic E-state index is 11.6. The zero-order valence-corrected chi connectivity index (χ0v) is 11.3. The number of rotatable bonds is 3. The average Bonchev–Trinajstić information content (AvgIpc) is 2.72. The zero-order chi connectivity index (χ0) is 13.1. The molecule has 0 aliphatic carbocycles. The van der Waals surface area contributed by atoms with E-state index in [0.717, 1.165) is 10.2 Å². The Labute approximate surface area is 113 Å². The molecule has 0 aliphatic heterocycles. The number of para-hydroxylation sites is 1. The van der Waals surface area contributed by atoms with Crippen LogP contribution in [0.25, 0.3) is 5.69 Å². The molecule has 0 aliphatic rings. The summed E-state index contributed by atoms with van der Waals surface area (Å²) >= 11 is 3.41. The number of ether oxygens (including phenoxy) is 1. The quantitative estimate of drug-likeness (QED) is 0.884. The molecule has 0 amide bonds. The topological polar surface area (TPSA) is 70.1 Å². The van der Waals surface area contributed by atoms with Crippen molar-refractivity contribution in [2.24, 2.45) is 0 Å². The van der Waals surface area contributed by atoms with Gasteiger partial charge in [-0.15, -0.1) is 0 Å². The number of hydrogen-bond donors (Lipinski definition) is 1. The Kier molecular flexibility index (Phi) is 3.66. The van der Waals surface area contributed by atoms with E-state index in [9.17, 15) is 4.79 Å². The van der Waals surface area contributed by atoms with Gasteiger partial charge in [-0.3, -0.25) is 0 Å². The zero-order valence-electron chi connectivity index (χ0n) is 9.76. The third kappa shape index (κ3) is 2.24. The van der Waals surface area contributed by atoms with Gasteiger partial charge >= 0.3 is 5.97 Å². The number of benzene rings is 1. The Morgan fingerprint density at radius 3 is 2.89 bits per heavy atom. The summed E-state index contributed by atoms with van der Waals surface area (Å²) in [5, 5.41) is 4.11. The summed E-state index contributed by atoms with van der Waals surface area (Å²) in [6.45, 7) is 2.05. The molecule has 0 fully saturated rings. The summed E-state index contributed by atoms with van der Waals surface area (Å²) in [6.07, 6.45) is 1.41. The number of nitrogen functional groups attached to an aromatic ring is 1. The number of hydrogen-bond acceptors (Lipinski definition) is 4. The molecule has 1 aromatic carbocycles. The van der Waals surface area contributed by atoms with Crippen LogP contribution in [0, 0.1) is 0 Å². The second kappa shape index (κ2) is 5.22. The first kappa shape index (κ1) is 12.6. The van der Waals surface area contributed by atoms with Crippen molar-refractivity contribution in [2.75, 3.05) is 12.3 Å². The maximum absolute atomic E-state index is 11.6. The Hall–Kier alpha value is -1.82. The van der Waals surface area contributed by atoms with Crippen LogP contribution in [0.5, 0.6) is 0 Å². The molecule has 0 saturated carbocycles. The molecule has 2 aromatic rings. The lowest BCUT2D eigenvalue weighted by atomic mass is 10.3. The molecule has 0 saturated heterocycles. The molecule has 2 rings (SSSR count). The molecule has 1 aromatic heterocycles. The highest BCUT2D eigenvalue weighted by atomic mass is 79.9. The van der Waals surface area contributed by atoms with Gasteiger partial charge in [0, 0.05) is 4.47 Å². The molecule has 0 spiro atoms. The van der Waals surface area contributed by atoms with Crippen LogP contribution in [0.4, 0.5) is 5.82 Å². The number of carbonyl (C=O) groups excluding carboxylic acids is 1. The minimum absolute atomic E-state index is 0.264. The van der Waals surface area contributed by atoms with Crippen LogP contribution in [0.15, 0.2) is 34.9 Å². The number of anilines is 1. The minimum atomic E-state index is -0.465. The third-order valence-corrected chi connectivity index (χ3v) is 3.05. The summed E-state index contributed by atoms with van der Waals surface area (Å²) in [5.41, 5.74) is 6.95. The predicted octanol–water partition coefficient (Wildman–Crippen LogP) is 2.39. The van der Waals surface area contributed by atoms with E-state index >= 15 is 0 Å². The van der Waals surface area contributed by atoms with Gasteiger partial charge in [0.25, 0.3) is 0 Å². The van der Waals surface area contributed by atoms with Crippen LogP contribution >= 0.6 is 15.9 Å². The summed E-state index contributed by atoms with van der Waals surface area (Å²) in [7, 11) is 0. The first-order valence-corrected chi connectivity index (χ1v) is 6.20. The first-order valence-electron chi connectivity index (χ1n) is 5.40. The SMILES string of the molecule is CCOC(=O)c1cnn(-c2ccccc2Br)c1N. The summed E-state index contributed by atoms with van der Waals surface area (Å²) in [5.74, 6) is -0.200. The van der Waals surface area contributed by atoms with Crippen molar-refractivity contribution in [2.45, 2.75) is 6.92 Å².